The van der Waals surface area contributed by atoms with Gasteiger partial charge in [0.1, 0.15) is 0 Å². The normalized spacial score (nSPS) is 10.9. The molecule has 1 aromatic heterocycles. The number of amides is 1. The number of fused-ring (bicyclic) bond motifs is 1. The van der Waals surface area contributed by atoms with Crippen LogP contribution in [-0.2, 0) is 7.05 Å². The first-order chi connectivity index (χ1) is 9.06. The second-order valence-corrected chi connectivity index (χ2v) is 5.11. The van der Waals surface area contributed by atoms with Crippen LogP contribution in [0.2, 0.25) is 0 Å². The number of hydrogen-bond donors (Lipinski definition) is 1. The van der Waals surface area contributed by atoms with E-state index in [1.807, 2.05) is 18.2 Å². The molecule has 1 heterocycles. The Morgan fingerprint density at radius 1 is 1.32 bits per heavy atom. The summed E-state index contributed by atoms with van der Waals surface area (Å²) in [6.45, 7) is 7.08. The van der Waals surface area contributed by atoms with E-state index in [2.05, 4.69) is 37.7 Å². The molecule has 0 saturated carbocycles. The second-order valence-electron chi connectivity index (χ2n) is 5.11. The monoisotopic (exact) mass is 258 g/mol. The molecular weight excluding hydrogens is 236 g/mol. The molecule has 0 aliphatic rings. The number of hydrogen-bond acceptors (Lipinski definition) is 1. The lowest BCUT2D eigenvalue weighted by Gasteiger charge is -2.05. The summed E-state index contributed by atoms with van der Waals surface area (Å²) in [4.78, 5) is 12.0. The molecule has 0 spiro atoms. The molecule has 102 valence electrons. The zero-order chi connectivity index (χ0) is 14.0. The Balaban J connectivity index is 2.31. The van der Waals surface area contributed by atoms with E-state index in [1.165, 1.54) is 22.2 Å². The zero-order valence-electron chi connectivity index (χ0n) is 12.2. The highest BCUT2D eigenvalue weighted by Gasteiger charge is 2.11. The number of rotatable bonds is 4. The van der Waals surface area contributed by atoms with E-state index in [1.54, 1.807) is 0 Å². The average molecular weight is 258 g/mol. The maximum atomic E-state index is 12.0. The van der Waals surface area contributed by atoms with E-state index in [4.69, 9.17) is 0 Å². The molecule has 0 bridgehead atoms. The summed E-state index contributed by atoms with van der Waals surface area (Å²) < 4.78 is 2.17. The van der Waals surface area contributed by atoms with Gasteiger partial charge in [-0.3, -0.25) is 4.79 Å². The largest absolute Gasteiger partial charge is 0.352 e. The molecule has 0 saturated heterocycles. The molecular formula is C16H22N2O. The van der Waals surface area contributed by atoms with Crippen molar-refractivity contribution in [3.05, 3.63) is 35.0 Å². The van der Waals surface area contributed by atoms with Crippen LogP contribution in [0.4, 0.5) is 0 Å². The van der Waals surface area contributed by atoms with Gasteiger partial charge in [0.25, 0.3) is 5.91 Å². The number of nitrogens with zero attached hydrogens (tertiary/aromatic N) is 1. The zero-order valence-corrected chi connectivity index (χ0v) is 12.2. The molecule has 3 nitrogen and oxygen atoms in total. The van der Waals surface area contributed by atoms with E-state index in [0.717, 1.165) is 24.9 Å². The molecule has 1 N–H and O–H groups in total. The molecule has 0 atom stereocenters. The first-order valence-electron chi connectivity index (χ1n) is 6.90. The molecule has 2 aromatic rings. The highest BCUT2D eigenvalue weighted by molar-refractivity contribution is 5.99. The minimum Gasteiger partial charge on any atom is -0.352 e. The molecule has 1 amide bonds. The maximum absolute atomic E-state index is 12.0. The van der Waals surface area contributed by atoms with Crippen LogP contribution in [0.1, 0.15) is 41.4 Å². The van der Waals surface area contributed by atoms with Gasteiger partial charge in [-0.2, -0.15) is 0 Å². The van der Waals surface area contributed by atoms with E-state index >= 15 is 0 Å². The van der Waals surface area contributed by atoms with Crippen molar-refractivity contribution >= 4 is 16.8 Å². The number of aromatic nitrogens is 1. The van der Waals surface area contributed by atoms with Gasteiger partial charge >= 0.3 is 0 Å². The molecule has 3 heteroatoms. The van der Waals surface area contributed by atoms with Gasteiger partial charge in [-0.25, -0.2) is 0 Å². The summed E-state index contributed by atoms with van der Waals surface area (Å²) in [7, 11) is 2.06. The Morgan fingerprint density at radius 3 is 2.74 bits per heavy atom. The van der Waals surface area contributed by atoms with Crippen LogP contribution in [0.25, 0.3) is 10.9 Å². The molecule has 0 radical (unpaired) electrons. The third-order valence-electron chi connectivity index (χ3n) is 3.89. The van der Waals surface area contributed by atoms with Gasteiger partial charge in [-0.05, 0) is 44.0 Å². The SMILES string of the molecule is CCCCNC(=O)c1ccc2c(c1)c(C)c(C)n2C. The van der Waals surface area contributed by atoms with E-state index in [-0.39, 0.29) is 5.91 Å². The van der Waals surface area contributed by atoms with Crippen LogP contribution >= 0.6 is 0 Å². The summed E-state index contributed by atoms with van der Waals surface area (Å²) in [5.74, 6) is 0.0243. The summed E-state index contributed by atoms with van der Waals surface area (Å²) in [5, 5.41) is 4.13. The smallest absolute Gasteiger partial charge is 0.251 e. The lowest BCUT2D eigenvalue weighted by molar-refractivity contribution is 0.0953. The fraction of sp³-hybridized carbons (Fsp3) is 0.438. The Labute approximate surface area is 114 Å². The van der Waals surface area contributed by atoms with Crippen molar-refractivity contribution < 1.29 is 4.79 Å². The molecule has 1 aromatic carbocycles. The quantitative estimate of drug-likeness (QED) is 0.839. The molecule has 2 rings (SSSR count). The van der Waals surface area contributed by atoms with Crippen molar-refractivity contribution in [3.63, 3.8) is 0 Å². The van der Waals surface area contributed by atoms with E-state index in [9.17, 15) is 4.79 Å². The fourth-order valence-corrected chi connectivity index (χ4v) is 2.38. The Kier molecular flexibility index (Phi) is 3.93. The van der Waals surface area contributed by atoms with Gasteiger partial charge < -0.3 is 9.88 Å². The molecule has 0 aliphatic carbocycles. The number of carbonyl (C=O) groups is 1. The third-order valence-corrected chi connectivity index (χ3v) is 3.89. The second kappa shape index (κ2) is 5.47. The predicted molar refractivity (Wildman–Crippen MR) is 79.6 cm³/mol. The number of unbranched alkanes of at least 4 members (excludes halogenated alkanes) is 1. The molecule has 0 unspecified atom stereocenters. The van der Waals surface area contributed by atoms with Crippen LogP contribution in [0.5, 0.6) is 0 Å². The Hall–Kier alpha value is -1.77. The molecule has 0 aliphatic heterocycles. The lowest BCUT2D eigenvalue weighted by atomic mass is 10.1. The van der Waals surface area contributed by atoms with Gasteiger partial charge in [0.2, 0.25) is 0 Å². The van der Waals surface area contributed by atoms with Gasteiger partial charge in [-0.15, -0.1) is 0 Å². The first-order valence-corrected chi connectivity index (χ1v) is 6.90. The van der Waals surface area contributed by atoms with Crippen molar-refractivity contribution in [1.82, 2.24) is 9.88 Å². The minimum atomic E-state index is 0.0243. The number of carbonyl (C=O) groups excluding carboxylic acids is 1. The van der Waals surface area contributed by atoms with Crippen molar-refractivity contribution in [2.75, 3.05) is 6.54 Å². The van der Waals surface area contributed by atoms with Crippen molar-refractivity contribution in [2.45, 2.75) is 33.6 Å². The van der Waals surface area contributed by atoms with Crippen molar-refractivity contribution in [3.8, 4) is 0 Å². The standard InChI is InChI=1S/C16H22N2O/c1-5-6-9-17-16(19)13-7-8-15-14(10-13)11(2)12(3)18(15)4/h7-8,10H,5-6,9H2,1-4H3,(H,17,19). The minimum absolute atomic E-state index is 0.0243. The number of aryl methyl sites for hydroxylation is 2. The number of benzene rings is 1. The van der Waals surface area contributed by atoms with Crippen LogP contribution in [0.15, 0.2) is 18.2 Å². The van der Waals surface area contributed by atoms with Crippen molar-refractivity contribution in [2.24, 2.45) is 7.05 Å². The third kappa shape index (κ3) is 2.50. The first kappa shape index (κ1) is 13.7. The van der Waals surface area contributed by atoms with Gasteiger partial charge in [0, 0.05) is 35.8 Å². The predicted octanol–water partition coefficient (Wildman–Crippen LogP) is 3.33. The molecule has 19 heavy (non-hydrogen) atoms. The van der Waals surface area contributed by atoms with Crippen molar-refractivity contribution in [1.29, 1.82) is 0 Å². The van der Waals surface area contributed by atoms with Crippen LogP contribution in [0.3, 0.4) is 0 Å². The average Bonchev–Trinajstić information content (AvgIpc) is 2.64. The summed E-state index contributed by atoms with van der Waals surface area (Å²) in [6.07, 6.45) is 2.12. The topological polar surface area (TPSA) is 34.0 Å². The summed E-state index contributed by atoms with van der Waals surface area (Å²) >= 11 is 0. The van der Waals surface area contributed by atoms with Gasteiger partial charge in [0.05, 0.1) is 0 Å². The van der Waals surface area contributed by atoms with Crippen LogP contribution in [0, 0.1) is 13.8 Å². The fourth-order valence-electron chi connectivity index (χ4n) is 2.38. The Bertz CT molecular complexity index is 611. The lowest BCUT2D eigenvalue weighted by Crippen LogP contribution is -2.24. The van der Waals surface area contributed by atoms with E-state index in [0.29, 0.717) is 0 Å². The summed E-state index contributed by atoms with van der Waals surface area (Å²) in [5.41, 5.74) is 4.43. The highest BCUT2D eigenvalue weighted by Crippen LogP contribution is 2.25. The summed E-state index contributed by atoms with van der Waals surface area (Å²) in [6, 6.07) is 5.94. The highest BCUT2D eigenvalue weighted by atomic mass is 16.1. The molecule has 0 fully saturated rings. The Morgan fingerprint density at radius 2 is 2.05 bits per heavy atom. The number of nitrogens with one attached hydrogen (secondary N) is 1. The van der Waals surface area contributed by atoms with Gasteiger partial charge in [-0.1, -0.05) is 13.3 Å². The van der Waals surface area contributed by atoms with Crippen LogP contribution in [-0.4, -0.2) is 17.0 Å². The maximum Gasteiger partial charge on any atom is 0.251 e. The van der Waals surface area contributed by atoms with Crippen LogP contribution < -0.4 is 5.32 Å². The van der Waals surface area contributed by atoms with Gasteiger partial charge in [0.15, 0.2) is 0 Å². The van der Waals surface area contributed by atoms with E-state index < -0.39 is 0 Å².